The first-order chi connectivity index (χ1) is 12.6. The van der Waals surface area contributed by atoms with Crippen LogP contribution in [0.25, 0.3) is 11.5 Å². The van der Waals surface area contributed by atoms with Crippen LogP contribution in [0.1, 0.15) is 29.3 Å². The average Bonchev–Trinajstić information content (AvgIpc) is 3.22. The van der Waals surface area contributed by atoms with Crippen LogP contribution in [-0.2, 0) is 24.3 Å². The van der Waals surface area contributed by atoms with Gasteiger partial charge in [0.1, 0.15) is 11.5 Å². The molecule has 7 nitrogen and oxygen atoms in total. The highest BCUT2D eigenvalue weighted by Crippen LogP contribution is 2.26. The van der Waals surface area contributed by atoms with Crippen LogP contribution in [0, 0.1) is 13.8 Å². The van der Waals surface area contributed by atoms with Gasteiger partial charge >= 0.3 is 0 Å². The van der Waals surface area contributed by atoms with Crippen LogP contribution in [0.3, 0.4) is 0 Å². The van der Waals surface area contributed by atoms with Gasteiger partial charge in [0.2, 0.25) is 11.8 Å². The van der Waals surface area contributed by atoms with Gasteiger partial charge in [-0.3, -0.25) is 14.5 Å². The lowest BCUT2D eigenvalue weighted by atomic mass is 10.1. The fourth-order valence-electron chi connectivity index (χ4n) is 3.29. The van der Waals surface area contributed by atoms with Crippen molar-refractivity contribution in [1.82, 2.24) is 24.6 Å². The Morgan fingerprint density at radius 3 is 2.96 bits per heavy atom. The molecule has 134 valence electrons. The summed E-state index contributed by atoms with van der Waals surface area (Å²) in [5, 5.41) is 4.41. The first-order valence-corrected chi connectivity index (χ1v) is 8.78. The molecule has 0 saturated carbocycles. The van der Waals surface area contributed by atoms with Gasteiger partial charge in [0, 0.05) is 44.0 Å². The molecule has 1 aliphatic heterocycles. The minimum absolute atomic E-state index is 0.120. The van der Waals surface area contributed by atoms with Crippen molar-refractivity contribution in [2.75, 3.05) is 6.54 Å². The third-order valence-electron chi connectivity index (χ3n) is 4.63. The Labute approximate surface area is 151 Å². The maximum Gasteiger partial charge on any atom is 0.228 e. The van der Waals surface area contributed by atoms with Gasteiger partial charge in [0.15, 0.2) is 0 Å². The molecule has 4 rings (SSSR count). The van der Waals surface area contributed by atoms with Gasteiger partial charge in [0.05, 0.1) is 17.8 Å². The molecule has 26 heavy (non-hydrogen) atoms. The van der Waals surface area contributed by atoms with E-state index in [0.717, 1.165) is 28.4 Å². The summed E-state index contributed by atoms with van der Waals surface area (Å²) in [5.41, 5.74) is 3.75. The number of amides is 1. The molecular weight excluding hydrogens is 330 g/mol. The molecular formula is C19H21N5O2. The molecule has 1 aliphatic rings. The van der Waals surface area contributed by atoms with Crippen molar-refractivity contribution < 1.29 is 9.21 Å². The van der Waals surface area contributed by atoms with Gasteiger partial charge in [-0.25, -0.2) is 4.98 Å². The summed E-state index contributed by atoms with van der Waals surface area (Å²) in [7, 11) is 0. The van der Waals surface area contributed by atoms with Crippen molar-refractivity contribution in [2.24, 2.45) is 0 Å². The number of rotatable bonds is 4. The average molecular weight is 351 g/mol. The highest BCUT2D eigenvalue weighted by molar-refractivity contribution is 5.76. The summed E-state index contributed by atoms with van der Waals surface area (Å²) >= 11 is 0. The van der Waals surface area contributed by atoms with E-state index >= 15 is 0 Å². The number of pyridine rings is 1. The third kappa shape index (κ3) is 3.24. The second-order valence-corrected chi connectivity index (χ2v) is 6.60. The van der Waals surface area contributed by atoms with Crippen LogP contribution in [0.4, 0.5) is 0 Å². The largest absolute Gasteiger partial charge is 0.441 e. The maximum atomic E-state index is 12.6. The van der Waals surface area contributed by atoms with Crippen LogP contribution < -0.4 is 0 Å². The van der Waals surface area contributed by atoms with E-state index < -0.39 is 0 Å². The Balaban J connectivity index is 1.42. The molecule has 0 spiro atoms. The van der Waals surface area contributed by atoms with E-state index in [2.05, 4.69) is 15.1 Å². The Bertz CT molecular complexity index is 929. The second-order valence-electron chi connectivity index (χ2n) is 6.60. The second kappa shape index (κ2) is 6.74. The first kappa shape index (κ1) is 16.5. The standard InChI is InChI=1S/C19H21N5O2/c1-13-10-14(2)24(22-13)9-6-18(25)23-8-5-17-16(12-23)21-19(26-17)15-4-3-7-20-11-15/h3-4,7,10-11H,5-6,8-9,12H2,1-2H3. The number of hydrogen-bond acceptors (Lipinski definition) is 5. The zero-order chi connectivity index (χ0) is 18.1. The van der Waals surface area contributed by atoms with Crippen molar-refractivity contribution in [3.8, 4) is 11.5 Å². The molecule has 7 heteroatoms. The molecule has 4 heterocycles. The molecule has 0 saturated heterocycles. The number of carbonyl (C=O) groups is 1. The van der Waals surface area contributed by atoms with Crippen molar-refractivity contribution in [1.29, 1.82) is 0 Å². The molecule has 0 aromatic carbocycles. The number of fused-ring (bicyclic) bond motifs is 1. The molecule has 0 unspecified atom stereocenters. The van der Waals surface area contributed by atoms with E-state index in [0.29, 0.717) is 38.4 Å². The van der Waals surface area contributed by atoms with Gasteiger partial charge in [-0.1, -0.05) is 0 Å². The number of aromatic nitrogens is 4. The predicted molar refractivity (Wildman–Crippen MR) is 95.2 cm³/mol. The highest BCUT2D eigenvalue weighted by Gasteiger charge is 2.25. The monoisotopic (exact) mass is 351 g/mol. The van der Waals surface area contributed by atoms with E-state index in [-0.39, 0.29) is 5.91 Å². The fourth-order valence-corrected chi connectivity index (χ4v) is 3.29. The van der Waals surface area contributed by atoms with E-state index in [4.69, 9.17) is 4.42 Å². The normalized spacial score (nSPS) is 13.7. The molecule has 0 aliphatic carbocycles. The summed E-state index contributed by atoms with van der Waals surface area (Å²) < 4.78 is 7.75. The smallest absolute Gasteiger partial charge is 0.228 e. The lowest BCUT2D eigenvalue weighted by Gasteiger charge is -2.25. The number of nitrogens with zero attached hydrogens (tertiary/aromatic N) is 5. The van der Waals surface area contributed by atoms with Crippen molar-refractivity contribution in [3.63, 3.8) is 0 Å². The lowest BCUT2D eigenvalue weighted by Crippen LogP contribution is -2.36. The summed E-state index contributed by atoms with van der Waals surface area (Å²) in [4.78, 5) is 23.1. The van der Waals surface area contributed by atoms with Crippen molar-refractivity contribution >= 4 is 5.91 Å². The third-order valence-corrected chi connectivity index (χ3v) is 4.63. The summed E-state index contributed by atoms with van der Waals surface area (Å²) in [6.45, 7) is 5.72. The number of oxazole rings is 1. The minimum atomic E-state index is 0.120. The Hall–Kier alpha value is -2.96. The van der Waals surface area contributed by atoms with Gasteiger partial charge in [0.25, 0.3) is 0 Å². The van der Waals surface area contributed by atoms with Crippen LogP contribution in [0.2, 0.25) is 0 Å². The lowest BCUT2D eigenvalue weighted by molar-refractivity contribution is -0.132. The Morgan fingerprint density at radius 2 is 2.23 bits per heavy atom. The van der Waals surface area contributed by atoms with Gasteiger partial charge in [-0.2, -0.15) is 5.10 Å². The molecule has 1 amide bonds. The number of carbonyl (C=O) groups excluding carboxylic acids is 1. The van der Waals surface area contributed by atoms with E-state index in [1.54, 1.807) is 12.4 Å². The van der Waals surface area contributed by atoms with Gasteiger partial charge < -0.3 is 9.32 Å². The molecule has 0 fully saturated rings. The predicted octanol–water partition coefficient (Wildman–Crippen LogP) is 2.52. The molecule has 0 bridgehead atoms. The zero-order valence-corrected chi connectivity index (χ0v) is 15.0. The van der Waals surface area contributed by atoms with Gasteiger partial charge in [-0.15, -0.1) is 0 Å². The fraction of sp³-hybridized carbons (Fsp3) is 0.368. The Morgan fingerprint density at radius 1 is 1.35 bits per heavy atom. The van der Waals surface area contributed by atoms with E-state index in [1.807, 2.05) is 41.6 Å². The SMILES string of the molecule is Cc1cc(C)n(CCC(=O)N2CCc3oc(-c4cccnc4)nc3C2)n1. The highest BCUT2D eigenvalue weighted by atomic mass is 16.4. The van der Waals surface area contributed by atoms with Gasteiger partial charge in [-0.05, 0) is 32.0 Å². The zero-order valence-electron chi connectivity index (χ0n) is 15.0. The van der Waals surface area contributed by atoms with E-state index in [1.165, 1.54) is 0 Å². The van der Waals surface area contributed by atoms with Crippen molar-refractivity contribution in [3.05, 3.63) is 53.4 Å². The van der Waals surface area contributed by atoms with Crippen LogP contribution in [0.15, 0.2) is 35.0 Å². The van der Waals surface area contributed by atoms with Crippen molar-refractivity contribution in [2.45, 2.75) is 39.8 Å². The first-order valence-electron chi connectivity index (χ1n) is 8.78. The Kier molecular flexibility index (Phi) is 4.28. The molecule has 0 radical (unpaired) electrons. The summed E-state index contributed by atoms with van der Waals surface area (Å²) in [5.74, 6) is 1.56. The quantitative estimate of drug-likeness (QED) is 0.722. The topological polar surface area (TPSA) is 77.0 Å². The van der Waals surface area contributed by atoms with Crippen LogP contribution >= 0.6 is 0 Å². The van der Waals surface area contributed by atoms with Crippen LogP contribution in [-0.4, -0.2) is 37.1 Å². The molecule has 3 aromatic heterocycles. The molecule has 3 aromatic rings. The summed E-state index contributed by atoms with van der Waals surface area (Å²) in [6.07, 6.45) is 4.57. The van der Waals surface area contributed by atoms with E-state index in [9.17, 15) is 4.79 Å². The summed E-state index contributed by atoms with van der Waals surface area (Å²) in [6, 6.07) is 5.79. The number of aryl methyl sites for hydroxylation is 3. The number of hydrogen-bond donors (Lipinski definition) is 0. The molecule has 0 atom stereocenters. The maximum absolute atomic E-state index is 12.6. The van der Waals surface area contributed by atoms with Crippen LogP contribution in [0.5, 0.6) is 0 Å². The molecule has 0 N–H and O–H groups in total. The minimum Gasteiger partial charge on any atom is -0.441 e.